The minimum absolute atomic E-state index is 0.0421. The lowest BCUT2D eigenvalue weighted by Gasteiger charge is -2.39. The number of sulfone groups is 1. The summed E-state index contributed by atoms with van der Waals surface area (Å²) in [5.41, 5.74) is -5.90. The Morgan fingerprint density at radius 3 is 1.52 bits per heavy atom. The van der Waals surface area contributed by atoms with Gasteiger partial charge in [0.05, 0.1) is 10.6 Å². The Labute approximate surface area is 343 Å². The standard InChI is InChI=1S/C38H37F3N8O8S3/c1-25(29-17-19-42-33(21-29)47-59(54,55)44-23-27-9-5-3-6-10-27)37(35(50)49(36(51)46-37)31-13-15-32(16-14-31)58(52,53)38(39,40)41)26(2)30-18-20-43-34(22-30)48-60(56,57)45-24-28-11-7-4-8-12-28/h3-22,25-26,44-45H,23-24H2,1-2H3,(H,42,47)(H,43,48)(H,46,51). The third kappa shape index (κ3) is 9.42. The number of pyridine rings is 2. The molecule has 0 saturated carbocycles. The Hall–Kier alpha value is -5.94. The molecule has 2 unspecified atom stereocenters. The fraction of sp³-hybridized carbons (Fsp3) is 0.211. The molecule has 5 N–H and O–H groups in total. The van der Waals surface area contributed by atoms with E-state index in [0.29, 0.717) is 39.3 Å². The summed E-state index contributed by atoms with van der Waals surface area (Å²) in [7, 11) is -14.1. The number of carbonyl (C=O) groups excluding carboxylic acids is 2. The molecule has 2 aromatic heterocycles. The highest BCUT2D eigenvalue weighted by atomic mass is 32.2. The molecule has 2 atom stereocenters. The van der Waals surface area contributed by atoms with Crippen LogP contribution in [0.5, 0.6) is 0 Å². The van der Waals surface area contributed by atoms with Gasteiger partial charge in [-0.05, 0) is 70.8 Å². The number of rotatable bonds is 16. The second kappa shape index (κ2) is 17.0. The maximum absolute atomic E-state index is 14.8. The molecule has 1 aliphatic rings. The van der Waals surface area contributed by atoms with Crippen LogP contribution in [0.25, 0.3) is 0 Å². The van der Waals surface area contributed by atoms with Crippen molar-refractivity contribution in [1.82, 2.24) is 24.7 Å². The Morgan fingerprint density at radius 1 is 0.667 bits per heavy atom. The van der Waals surface area contributed by atoms with Gasteiger partial charge in [-0.3, -0.25) is 14.2 Å². The van der Waals surface area contributed by atoms with Crippen molar-refractivity contribution in [3.05, 3.63) is 144 Å². The van der Waals surface area contributed by atoms with Gasteiger partial charge in [-0.25, -0.2) is 28.1 Å². The first kappa shape index (κ1) is 43.6. The minimum Gasteiger partial charge on any atom is -0.322 e. The summed E-state index contributed by atoms with van der Waals surface area (Å²) >= 11 is 0. The lowest BCUT2D eigenvalue weighted by atomic mass is 9.70. The second-order valence-corrected chi connectivity index (χ2v) is 18.5. The number of carbonyl (C=O) groups is 2. The molecule has 5 aromatic rings. The van der Waals surface area contributed by atoms with E-state index in [0.717, 1.165) is 12.1 Å². The molecule has 3 amide bonds. The third-order valence-electron chi connectivity index (χ3n) is 9.81. The molecule has 1 fully saturated rings. The Morgan fingerprint density at radius 2 is 1.10 bits per heavy atom. The number of halogens is 3. The van der Waals surface area contributed by atoms with Crippen LogP contribution in [-0.2, 0) is 48.1 Å². The number of benzene rings is 3. The number of hydrogen-bond acceptors (Lipinski definition) is 10. The molecule has 0 bridgehead atoms. The number of amides is 3. The first-order chi connectivity index (χ1) is 28.2. The molecule has 1 aliphatic heterocycles. The number of anilines is 3. The van der Waals surface area contributed by atoms with E-state index in [2.05, 4.69) is 34.2 Å². The molecule has 316 valence electrons. The molecule has 0 spiro atoms. The predicted molar refractivity (Wildman–Crippen MR) is 215 cm³/mol. The molecule has 60 heavy (non-hydrogen) atoms. The lowest BCUT2D eigenvalue weighted by molar-refractivity contribution is -0.123. The van der Waals surface area contributed by atoms with Gasteiger partial charge in [0.1, 0.15) is 17.2 Å². The van der Waals surface area contributed by atoms with E-state index >= 15 is 0 Å². The van der Waals surface area contributed by atoms with Gasteiger partial charge in [-0.15, -0.1) is 0 Å². The quantitative estimate of drug-likeness (QED) is 0.0828. The van der Waals surface area contributed by atoms with Gasteiger partial charge in [-0.1, -0.05) is 74.5 Å². The molecular weight excluding hydrogens is 850 g/mol. The zero-order valence-electron chi connectivity index (χ0n) is 31.6. The van der Waals surface area contributed by atoms with Crippen LogP contribution in [-0.4, -0.2) is 58.2 Å². The number of alkyl halides is 3. The van der Waals surface area contributed by atoms with Crippen LogP contribution >= 0.6 is 0 Å². The second-order valence-electron chi connectivity index (χ2n) is 13.6. The van der Waals surface area contributed by atoms with E-state index in [9.17, 15) is 48.0 Å². The average Bonchev–Trinajstić information content (AvgIpc) is 3.48. The van der Waals surface area contributed by atoms with E-state index in [1.165, 1.54) is 36.7 Å². The molecule has 22 heteroatoms. The zero-order chi connectivity index (χ0) is 43.5. The van der Waals surface area contributed by atoms with E-state index in [1.807, 2.05) is 0 Å². The number of nitrogens with zero attached hydrogens (tertiary/aromatic N) is 3. The molecule has 3 heterocycles. The van der Waals surface area contributed by atoms with E-state index in [-0.39, 0.29) is 30.4 Å². The van der Waals surface area contributed by atoms with Crippen LogP contribution in [0.2, 0.25) is 0 Å². The SMILES string of the molecule is CC(c1ccnc(NS(=O)(=O)NCc2ccccc2)c1)C1(C(C)c2ccnc(NS(=O)(=O)NCc3ccccc3)c2)NC(=O)N(c2ccc(S(=O)(=O)C(F)(F)F)cc2)C1=O. The number of hydrogen-bond donors (Lipinski definition) is 5. The fourth-order valence-corrected chi connectivity index (χ4v) is 9.03. The molecule has 16 nitrogen and oxygen atoms in total. The van der Waals surface area contributed by atoms with Gasteiger partial charge in [0.15, 0.2) is 0 Å². The summed E-state index contributed by atoms with van der Waals surface area (Å²) < 4.78 is 126. The first-order valence-corrected chi connectivity index (χ1v) is 22.3. The number of nitrogens with one attached hydrogen (secondary N) is 5. The number of aromatic nitrogens is 2. The minimum atomic E-state index is -5.76. The first-order valence-electron chi connectivity index (χ1n) is 17.8. The van der Waals surface area contributed by atoms with Gasteiger partial charge >= 0.3 is 32.0 Å². The Kier molecular flexibility index (Phi) is 12.3. The summed E-state index contributed by atoms with van der Waals surface area (Å²) in [6, 6.07) is 25.1. The van der Waals surface area contributed by atoms with Crippen molar-refractivity contribution in [2.45, 2.75) is 54.7 Å². The van der Waals surface area contributed by atoms with E-state index < -0.39 is 70.0 Å². The van der Waals surface area contributed by atoms with Crippen LogP contribution < -0.4 is 29.1 Å². The molecule has 0 aliphatic carbocycles. The number of urea groups is 1. The smallest absolute Gasteiger partial charge is 0.322 e. The summed E-state index contributed by atoms with van der Waals surface area (Å²) in [5.74, 6) is -3.31. The van der Waals surface area contributed by atoms with Gasteiger partial charge in [-0.2, -0.15) is 39.5 Å². The van der Waals surface area contributed by atoms with Crippen LogP contribution in [0.15, 0.2) is 126 Å². The summed E-state index contributed by atoms with van der Waals surface area (Å²) in [4.78, 5) is 36.5. The van der Waals surface area contributed by atoms with Crippen LogP contribution in [0.4, 0.5) is 35.3 Å². The molecule has 0 radical (unpaired) electrons. The van der Waals surface area contributed by atoms with Gasteiger partial charge in [0.25, 0.3) is 15.7 Å². The monoisotopic (exact) mass is 886 g/mol. The van der Waals surface area contributed by atoms with Gasteiger partial charge in [0, 0.05) is 37.3 Å². The van der Waals surface area contributed by atoms with Crippen LogP contribution in [0.3, 0.4) is 0 Å². The summed E-state index contributed by atoms with van der Waals surface area (Å²) in [6.45, 7) is 3.05. The number of imide groups is 1. The van der Waals surface area contributed by atoms with Gasteiger partial charge in [0.2, 0.25) is 0 Å². The Balaban J connectivity index is 1.35. The largest absolute Gasteiger partial charge is 0.501 e. The lowest BCUT2D eigenvalue weighted by Crippen LogP contribution is -2.55. The maximum Gasteiger partial charge on any atom is 0.501 e. The highest BCUT2D eigenvalue weighted by molar-refractivity contribution is 7.92. The average molecular weight is 887 g/mol. The van der Waals surface area contributed by atoms with Crippen molar-refractivity contribution in [2.24, 2.45) is 0 Å². The van der Waals surface area contributed by atoms with E-state index in [1.54, 1.807) is 74.5 Å². The van der Waals surface area contributed by atoms with Crippen molar-refractivity contribution in [2.75, 3.05) is 14.3 Å². The highest BCUT2D eigenvalue weighted by Crippen LogP contribution is 2.45. The predicted octanol–water partition coefficient (Wildman–Crippen LogP) is 5.07. The molecule has 6 rings (SSSR count). The van der Waals surface area contributed by atoms with Crippen molar-refractivity contribution >= 4 is 59.5 Å². The van der Waals surface area contributed by atoms with Gasteiger partial charge < -0.3 is 5.32 Å². The normalized spacial score (nSPS) is 17.2. The van der Waals surface area contributed by atoms with Crippen molar-refractivity contribution in [1.29, 1.82) is 0 Å². The molecular formula is C38H37F3N8O8S3. The zero-order valence-corrected chi connectivity index (χ0v) is 34.0. The fourth-order valence-electron chi connectivity index (χ4n) is 6.63. The third-order valence-corrected chi connectivity index (χ3v) is 13.3. The van der Waals surface area contributed by atoms with Crippen molar-refractivity contribution in [3.63, 3.8) is 0 Å². The van der Waals surface area contributed by atoms with Crippen LogP contribution in [0.1, 0.15) is 47.9 Å². The van der Waals surface area contributed by atoms with Crippen molar-refractivity contribution < 1.29 is 48.0 Å². The molecule has 1 saturated heterocycles. The molecule has 3 aromatic carbocycles. The highest BCUT2D eigenvalue weighted by Gasteiger charge is 2.59. The van der Waals surface area contributed by atoms with Crippen LogP contribution in [0, 0.1) is 0 Å². The van der Waals surface area contributed by atoms with Crippen molar-refractivity contribution in [3.8, 4) is 0 Å². The topological polar surface area (TPSA) is 226 Å². The van der Waals surface area contributed by atoms with E-state index in [4.69, 9.17) is 0 Å². The summed E-state index contributed by atoms with van der Waals surface area (Å²) in [6.07, 6.45) is 2.56. The maximum atomic E-state index is 14.8. The summed E-state index contributed by atoms with van der Waals surface area (Å²) in [5, 5.41) is 2.74. The Bertz CT molecular complexity index is 2590.